The number of amides is 1. The third kappa shape index (κ3) is 5.69. The zero-order chi connectivity index (χ0) is 23.4. The van der Waals surface area contributed by atoms with Gasteiger partial charge in [0.25, 0.3) is 15.9 Å². The van der Waals surface area contributed by atoms with Gasteiger partial charge in [0, 0.05) is 23.5 Å². The Morgan fingerprint density at radius 2 is 1.44 bits per heavy atom. The van der Waals surface area contributed by atoms with Crippen LogP contribution in [0.4, 0.5) is 15.8 Å². The average Bonchev–Trinajstić information content (AvgIpc) is 2.75. The second-order valence-corrected chi connectivity index (χ2v) is 10.1. The van der Waals surface area contributed by atoms with Gasteiger partial charge in [0.1, 0.15) is 5.82 Å². The third-order valence-electron chi connectivity index (χ3n) is 4.26. The Morgan fingerprint density at radius 1 is 0.812 bits per heavy atom. The molecule has 0 saturated carbocycles. The summed E-state index contributed by atoms with van der Waals surface area (Å²) < 4.78 is 66.7. The molecule has 0 heterocycles. The van der Waals surface area contributed by atoms with Crippen molar-refractivity contribution in [1.29, 1.82) is 0 Å². The number of nitrogens with one attached hydrogen (secondary N) is 3. The molecule has 0 spiro atoms. The summed E-state index contributed by atoms with van der Waals surface area (Å²) in [5.74, 6) is -1.08. The zero-order valence-electron chi connectivity index (χ0n) is 16.9. The van der Waals surface area contributed by atoms with E-state index in [0.717, 1.165) is 24.3 Å². The van der Waals surface area contributed by atoms with Crippen LogP contribution in [0.5, 0.6) is 0 Å². The van der Waals surface area contributed by atoms with E-state index in [1.54, 1.807) is 6.92 Å². The van der Waals surface area contributed by atoms with E-state index in [4.69, 9.17) is 0 Å². The highest BCUT2D eigenvalue weighted by atomic mass is 32.2. The predicted octanol–water partition coefficient (Wildman–Crippen LogP) is 3.18. The molecule has 0 fully saturated rings. The fourth-order valence-corrected chi connectivity index (χ4v) is 4.88. The summed E-state index contributed by atoms with van der Waals surface area (Å²) in [6, 6.07) is 15.8. The molecule has 168 valence electrons. The summed E-state index contributed by atoms with van der Waals surface area (Å²) >= 11 is 0. The molecule has 3 N–H and O–H groups in total. The molecule has 11 heteroatoms. The van der Waals surface area contributed by atoms with E-state index in [2.05, 4.69) is 14.8 Å². The minimum absolute atomic E-state index is 0.0300. The van der Waals surface area contributed by atoms with Crippen LogP contribution in [0.15, 0.2) is 82.6 Å². The van der Waals surface area contributed by atoms with Crippen molar-refractivity contribution in [1.82, 2.24) is 4.72 Å². The van der Waals surface area contributed by atoms with Gasteiger partial charge >= 0.3 is 0 Å². The molecule has 8 nitrogen and oxygen atoms in total. The number of carbonyl (C=O) groups excluding carboxylic acids is 1. The molecule has 3 aromatic rings. The normalized spacial score (nSPS) is 11.7. The van der Waals surface area contributed by atoms with Gasteiger partial charge < -0.3 is 5.32 Å². The van der Waals surface area contributed by atoms with Crippen LogP contribution in [0.1, 0.15) is 17.3 Å². The lowest BCUT2D eigenvalue weighted by atomic mass is 10.2. The molecule has 0 aliphatic rings. The molecule has 0 aromatic heterocycles. The Morgan fingerprint density at radius 3 is 2.06 bits per heavy atom. The van der Waals surface area contributed by atoms with Crippen molar-refractivity contribution in [2.75, 3.05) is 16.6 Å². The molecule has 0 aliphatic heterocycles. The first-order valence-corrected chi connectivity index (χ1v) is 12.4. The maximum absolute atomic E-state index is 13.0. The quantitative estimate of drug-likeness (QED) is 0.460. The molecule has 0 bridgehead atoms. The van der Waals surface area contributed by atoms with Crippen LogP contribution < -0.4 is 14.8 Å². The largest absolute Gasteiger partial charge is 0.322 e. The van der Waals surface area contributed by atoms with Crippen molar-refractivity contribution in [2.24, 2.45) is 0 Å². The number of benzene rings is 3. The fraction of sp³-hybridized carbons (Fsp3) is 0.0952. The predicted molar refractivity (Wildman–Crippen MR) is 119 cm³/mol. The number of hydrogen-bond donors (Lipinski definition) is 3. The molecular weight excluding hydrogens is 457 g/mol. The highest BCUT2D eigenvalue weighted by Crippen LogP contribution is 2.20. The van der Waals surface area contributed by atoms with E-state index in [1.165, 1.54) is 48.5 Å². The Hall–Kier alpha value is -3.28. The van der Waals surface area contributed by atoms with Gasteiger partial charge in [-0.05, 0) is 66.7 Å². The molecule has 32 heavy (non-hydrogen) atoms. The van der Waals surface area contributed by atoms with Gasteiger partial charge in [-0.1, -0.05) is 13.0 Å². The first-order valence-electron chi connectivity index (χ1n) is 9.40. The van der Waals surface area contributed by atoms with Crippen molar-refractivity contribution >= 4 is 37.3 Å². The fourth-order valence-electron chi connectivity index (χ4n) is 2.73. The summed E-state index contributed by atoms with van der Waals surface area (Å²) in [4.78, 5) is 12.4. The number of rotatable bonds is 8. The summed E-state index contributed by atoms with van der Waals surface area (Å²) in [6.07, 6.45) is 0. The lowest BCUT2D eigenvalue weighted by Crippen LogP contribution is -2.23. The summed E-state index contributed by atoms with van der Waals surface area (Å²) in [5, 5.41) is 2.62. The van der Waals surface area contributed by atoms with Crippen LogP contribution in [0, 0.1) is 5.82 Å². The molecule has 0 saturated heterocycles. The van der Waals surface area contributed by atoms with Crippen LogP contribution in [0.3, 0.4) is 0 Å². The lowest BCUT2D eigenvalue weighted by Gasteiger charge is -2.10. The highest BCUT2D eigenvalue weighted by molar-refractivity contribution is 7.92. The maximum atomic E-state index is 13.0. The second kappa shape index (κ2) is 9.47. The molecule has 3 rings (SSSR count). The van der Waals surface area contributed by atoms with Crippen molar-refractivity contribution < 1.29 is 26.0 Å². The van der Waals surface area contributed by atoms with Crippen LogP contribution in [-0.4, -0.2) is 29.3 Å². The topological polar surface area (TPSA) is 121 Å². The van der Waals surface area contributed by atoms with Crippen molar-refractivity contribution in [2.45, 2.75) is 16.7 Å². The van der Waals surface area contributed by atoms with Gasteiger partial charge in [0.05, 0.1) is 9.79 Å². The second-order valence-electron chi connectivity index (χ2n) is 6.62. The molecule has 1 amide bonds. The van der Waals surface area contributed by atoms with Crippen molar-refractivity contribution in [3.8, 4) is 0 Å². The standard InChI is InChI=1S/C21H20FN3O5S2/c1-2-23-31(27,28)20-5-3-4-15(14-20)21(26)24-17-8-10-18(11-9-17)25-32(29,30)19-12-6-16(22)7-13-19/h3-14,23,25H,2H2,1H3,(H,24,26). The average molecular weight is 478 g/mol. The Balaban J connectivity index is 1.71. The zero-order valence-corrected chi connectivity index (χ0v) is 18.5. The van der Waals surface area contributed by atoms with Crippen LogP contribution in [-0.2, 0) is 20.0 Å². The molecular formula is C21H20FN3O5S2. The monoisotopic (exact) mass is 477 g/mol. The van der Waals surface area contributed by atoms with Crippen molar-refractivity contribution in [3.63, 3.8) is 0 Å². The van der Waals surface area contributed by atoms with E-state index in [9.17, 15) is 26.0 Å². The molecule has 0 radical (unpaired) electrons. The molecule has 3 aromatic carbocycles. The minimum atomic E-state index is -3.90. The van der Waals surface area contributed by atoms with Crippen LogP contribution in [0.2, 0.25) is 0 Å². The van der Waals surface area contributed by atoms with Gasteiger partial charge in [-0.15, -0.1) is 0 Å². The molecule has 0 aliphatic carbocycles. The molecule has 0 unspecified atom stereocenters. The van der Waals surface area contributed by atoms with Crippen LogP contribution in [0.25, 0.3) is 0 Å². The smallest absolute Gasteiger partial charge is 0.261 e. The first kappa shape index (κ1) is 23.4. The Bertz CT molecular complexity index is 1320. The van der Waals surface area contributed by atoms with Crippen LogP contribution >= 0.6 is 0 Å². The number of anilines is 2. The van der Waals surface area contributed by atoms with E-state index in [0.29, 0.717) is 5.69 Å². The van der Waals surface area contributed by atoms with E-state index in [1.807, 2.05) is 0 Å². The number of carbonyl (C=O) groups is 1. The van der Waals surface area contributed by atoms with E-state index >= 15 is 0 Å². The minimum Gasteiger partial charge on any atom is -0.322 e. The van der Waals surface area contributed by atoms with Crippen molar-refractivity contribution in [3.05, 3.63) is 84.2 Å². The van der Waals surface area contributed by atoms with Gasteiger partial charge in [-0.25, -0.2) is 25.9 Å². The van der Waals surface area contributed by atoms with Gasteiger partial charge in [0.15, 0.2) is 0 Å². The third-order valence-corrected chi connectivity index (χ3v) is 7.20. The summed E-state index contributed by atoms with van der Waals surface area (Å²) in [6.45, 7) is 1.87. The van der Waals surface area contributed by atoms with E-state index < -0.39 is 31.8 Å². The number of halogens is 1. The van der Waals surface area contributed by atoms with Gasteiger partial charge in [-0.3, -0.25) is 9.52 Å². The Labute approximate surface area is 185 Å². The van der Waals surface area contributed by atoms with E-state index in [-0.39, 0.29) is 27.6 Å². The highest BCUT2D eigenvalue weighted by Gasteiger charge is 2.16. The SMILES string of the molecule is CCNS(=O)(=O)c1cccc(C(=O)Nc2ccc(NS(=O)(=O)c3ccc(F)cc3)cc2)c1. The van der Waals surface area contributed by atoms with Gasteiger partial charge in [-0.2, -0.15) is 0 Å². The molecule has 0 atom stereocenters. The number of hydrogen-bond acceptors (Lipinski definition) is 5. The Kier molecular flexibility index (Phi) is 6.92. The number of sulfonamides is 2. The van der Waals surface area contributed by atoms with Gasteiger partial charge in [0.2, 0.25) is 10.0 Å². The lowest BCUT2D eigenvalue weighted by molar-refractivity contribution is 0.102. The summed E-state index contributed by atoms with van der Waals surface area (Å²) in [7, 11) is -7.60. The summed E-state index contributed by atoms with van der Waals surface area (Å²) in [5.41, 5.74) is 0.760. The maximum Gasteiger partial charge on any atom is 0.261 e. The first-order chi connectivity index (χ1) is 15.1.